The summed E-state index contributed by atoms with van der Waals surface area (Å²) in [6.45, 7) is 3.68. The van der Waals surface area contributed by atoms with Gasteiger partial charge in [-0.1, -0.05) is 18.2 Å². The van der Waals surface area contributed by atoms with Crippen LogP contribution in [0.4, 0.5) is 5.69 Å². The third-order valence-electron chi connectivity index (χ3n) is 4.60. The number of nitrogens with one attached hydrogen (secondary N) is 1. The molecule has 1 aliphatic rings. The first-order chi connectivity index (χ1) is 12.0. The van der Waals surface area contributed by atoms with E-state index in [1.807, 2.05) is 56.3 Å². The van der Waals surface area contributed by atoms with E-state index in [0.29, 0.717) is 16.9 Å². The van der Waals surface area contributed by atoms with Crippen molar-refractivity contribution >= 4 is 16.7 Å². The van der Waals surface area contributed by atoms with Gasteiger partial charge in [0, 0.05) is 17.1 Å². The maximum absolute atomic E-state index is 11.8. The molecule has 0 aliphatic carbocycles. The molecule has 5 nitrogen and oxygen atoms in total. The molecule has 0 unspecified atom stereocenters. The highest BCUT2D eigenvalue weighted by atomic mass is 16.5. The van der Waals surface area contributed by atoms with Crippen molar-refractivity contribution in [3.8, 4) is 5.75 Å². The van der Waals surface area contributed by atoms with Crippen molar-refractivity contribution in [2.75, 3.05) is 5.32 Å². The van der Waals surface area contributed by atoms with Crippen LogP contribution < -0.4 is 15.7 Å². The molecule has 3 aromatic rings. The van der Waals surface area contributed by atoms with Gasteiger partial charge in [-0.3, -0.25) is 0 Å². The predicted octanol–water partition coefficient (Wildman–Crippen LogP) is 3.48. The molecule has 25 heavy (non-hydrogen) atoms. The number of benzene rings is 2. The molecule has 0 saturated heterocycles. The van der Waals surface area contributed by atoms with E-state index in [2.05, 4.69) is 5.32 Å². The highest BCUT2D eigenvalue weighted by Gasteiger charge is 2.44. The minimum atomic E-state index is -0.837. The summed E-state index contributed by atoms with van der Waals surface area (Å²) >= 11 is 0. The van der Waals surface area contributed by atoms with Crippen LogP contribution in [0.1, 0.15) is 25.5 Å². The second-order valence-corrected chi connectivity index (χ2v) is 6.79. The number of anilines is 1. The second-order valence-electron chi connectivity index (χ2n) is 6.79. The monoisotopic (exact) mass is 337 g/mol. The van der Waals surface area contributed by atoms with Crippen LogP contribution in [0.2, 0.25) is 0 Å². The Kier molecular flexibility index (Phi) is 3.54. The van der Waals surface area contributed by atoms with Crippen LogP contribution in [0.5, 0.6) is 5.75 Å². The Bertz CT molecular complexity index is 978. The molecule has 1 aliphatic heterocycles. The van der Waals surface area contributed by atoms with Crippen molar-refractivity contribution in [1.29, 1.82) is 0 Å². The zero-order valence-corrected chi connectivity index (χ0v) is 14.0. The summed E-state index contributed by atoms with van der Waals surface area (Å²) < 4.78 is 11.5. The molecule has 0 bridgehead atoms. The largest absolute Gasteiger partial charge is 0.485 e. The van der Waals surface area contributed by atoms with Gasteiger partial charge in [-0.05, 0) is 44.2 Å². The standard InChI is InChI=1S/C20H19NO4/c1-20(2)19(23)17(21-13-6-4-3-5-7-13)16-14(25-20)10-8-12-9-11-15(22)24-18(12)16/h3-11,17,19,21,23H,1-2H3/t17-,19+/m1/s1. The van der Waals surface area contributed by atoms with Gasteiger partial charge in [0.15, 0.2) is 0 Å². The van der Waals surface area contributed by atoms with Crippen molar-refractivity contribution in [3.63, 3.8) is 0 Å². The maximum Gasteiger partial charge on any atom is 0.336 e. The van der Waals surface area contributed by atoms with Gasteiger partial charge in [-0.15, -0.1) is 0 Å². The Balaban J connectivity index is 1.93. The van der Waals surface area contributed by atoms with Crippen molar-refractivity contribution in [1.82, 2.24) is 0 Å². The molecular weight excluding hydrogens is 318 g/mol. The Morgan fingerprint density at radius 2 is 1.76 bits per heavy atom. The molecule has 0 radical (unpaired) electrons. The lowest BCUT2D eigenvalue weighted by atomic mass is 9.85. The zero-order chi connectivity index (χ0) is 17.6. The third-order valence-corrected chi connectivity index (χ3v) is 4.60. The van der Waals surface area contributed by atoms with Gasteiger partial charge in [-0.2, -0.15) is 0 Å². The predicted molar refractivity (Wildman–Crippen MR) is 96.0 cm³/mol. The molecule has 2 N–H and O–H groups in total. The fraction of sp³-hybridized carbons (Fsp3) is 0.250. The van der Waals surface area contributed by atoms with Gasteiger partial charge >= 0.3 is 5.63 Å². The summed E-state index contributed by atoms with van der Waals surface area (Å²) in [5.74, 6) is 0.602. The van der Waals surface area contributed by atoms with Gasteiger partial charge in [0.2, 0.25) is 0 Å². The average molecular weight is 337 g/mol. The van der Waals surface area contributed by atoms with Crippen LogP contribution in [0.25, 0.3) is 11.0 Å². The summed E-state index contributed by atoms with van der Waals surface area (Å²) in [7, 11) is 0. The minimum Gasteiger partial charge on any atom is -0.485 e. The lowest BCUT2D eigenvalue weighted by Gasteiger charge is -2.42. The van der Waals surface area contributed by atoms with E-state index in [9.17, 15) is 9.90 Å². The number of para-hydroxylation sites is 1. The van der Waals surface area contributed by atoms with E-state index in [1.54, 1.807) is 6.07 Å². The number of rotatable bonds is 2. The van der Waals surface area contributed by atoms with E-state index in [-0.39, 0.29) is 0 Å². The Hall–Kier alpha value is -2.79. The van der Waals surface area contributed by atoms with Crippen molar-refractivity contribution < 1.29 is 14.3 Å². The smallest absolute Gasteiger partial charge is 0.336 e. The third kappa shape index (κ3) is 2.66. The average Bonchev–Trinajstić information content (AvgIpc) is 2.59. The van der Waals surface area contributed by atoms with E-state index in [1.165, 1.54) is 6.07 Å². The van der Waals surface area contributed by atoms with Gasteiger partial charge in [0.05, 0.1) is 11.6 Å². The summed E-state index contributed by atoms with van der Waals surface area (Å²) in [6.07, 6.45) is -0.837. The molecule has 0 spiro atoms. The summed E-state index contributed by atoms with van der Waals surface area (Å²) in [5.41, 5.74) is 0.741. The van der Waals surface area contributed by atoms with E-state index in [0.717, 1.165) is 11.1 Å². The minimum absolute atomic E-state index is 0.432. The summed E-state index contributed by atoms with van der Waals surface area (Å²) in [5, 5.41) is 15.1. The molecule has 0 saturated carbocycles. The number of aliphatic hydroxyl groups is 1. The number of ether oxygens (including phenoxy) is 1. The molecule has 2 heterocycles. The molecule has 2 aromatic carbocycles. The lowest BCUT2D eigenvalue weighted by molar-refractivity contribution is -0.0530. The van der Waals surface area contributed by atoms with Crippen molar-refractivity contribution in [3.05, 3.63) is 70.6 Å². The fourth-order valence-electron chi connectivity index (χ4n) is 3.29. The normalized spacial score (nSPS) is 21.4. The first-order valence-electron chi connectivity index (χ1n) is 8.21. The topological polar surface area (TPSA) is 71.7 Å². The van der Waals surface area contributed by atoms with Gasteiger partial charge in [0.1, 0.15) is 23.0 Å². The van der Waals surface area contributed by atoms with Crippen molar-refractivity contribution in [2.45, 2.75) is 31.6 Å². The number of hydrogen-bond acceptors (Lipinski definition) is 5. The first kappa shape index (κ1) is 15.7. The summed E-state index contributed by atoms with van der Waals surface area (Å²) in [4.78, 5) is 11.8. The molecule has 0 amide bonds. The Morgan fingerprint density at radius 1 is 1.04 bits per heavy atom. The quantitative estimate of drug-likeness (QED) is 0.701. The van der Waals surface area contributed by atoms with Crippen molar-refractivity contribution in [2.24, 2.45) is 0 Å². The molecule has 4 rings (SSSR count). The number of fused-ring (bicyclic) bond motifs is 3. The SMILES string of the molecule is CC1(C)Oc2ccc3ccc(=O)oc3c2[C@@H](Nc2ccccc2)[C@@H]1O. The van der Waals surface area contributed by atoms with E-state index in [4.69, 9.17) is 9.15 Å². The van der Waals surface area contributed by atoms with Crippen LogP contribution >= 0.6 is 0 Å². The van der Waals surface area contributed by atoms with Crippen LogP contribution in [0.15, 0.2) is 63.8 Å². The fourth-order valence-corrected chi connectivity index (χ4v) is 3.29. The van der Waals surface area contributed by atoms with E-state index >= 15 is 0 Å². The Morgan fingerprint density at radius 3 is 2.52 bits per heavy atom. The summed E-state index contributed by atoms with van der Waals surface area (Å²) in [6, 6.07) is 16.0. The first-order valence-corrected chi connectivity index (χ1v) is 8.21. The Labute approximate surface area is 144 Å². The molecule has 5 heteroatoms. The van der Waals surface area contributed by atoms with Gasteiger partial charge in [-0.25, -0.2) is 4.79 Å². The zero-order valence-electron chi connectivity index (χ0n) is 14.0. The molecule has 1 aromatic heterocycles. The molecule has 0 fully saturated rings. The lowest BCUT2D eigenvalue weighted by Crippen LogP contribution is -2.50. The highest BCUT2D eigenvalue weighted by molar-refractivity contribution is 5.83. The van der Waals surface area contributed by atoms with Crippen LogP contribution in [0.3, 0.4) is 0 Å². The van der Waals surface area contributed by atoms with Gasteiger partial charge < -0.3 is 19.6 Å². The number of aliphatic hydroxyl groups excluding tert-OH is 1. The van der Waals surface area contributed by atoms with Crippen LogP contribution in [-0.2, 0) is 0 Å². The van der Waals surface area contributed by atoms with Crippen LogP contribution in [-0.4, -0.2) is 16.8 Å². The van der Waals surface area contributed by atoms with E-state index < -0.39 is 23.4 Å². The van der Waals surface area contributed by atoms with Crippen LogP contribution in [0, 0.1) is 0 Å². The molecule has 128 valence electrons. The number of hydrogen-bond donors (Lipinski definition) is 2. The van der Waals surface area contributed by atoms with Gasteiger partial charge in [0.25, 0.3) is 0 Å². The second kappa shape index (κ2) is 5.63. The highest BCUT2D eigenvalue weighted by Crippen LogP contribution is 2.44. The maximum atomic E-state index is 11.8. The molecular formula is C20H19NO4. The molecule has 2 atom stereocenters.